The standard InChI is InChI=1S/C15H13N5O2/c1-2-22-11-5-3-10(4-6-11)12-9-13-14-16-17-15(21)19(14)7-8-20(13)18-12/h3-9H,2H2,1H3,(H,17,21). The third-order valence-corrected chi connectivity index (χ3v) is 3.49. The minimum absolute atomic E-state index is 0.263. The van der Waals surface area contributed by atoms with E-state index >= 15 is 0 Å². The zero-order valence-corrected chi connectivity index (χ0v) is 11.9. The van der Waals surface area contributed by atoms with Gasteiger partial charge in [-0.25, -0.2) is 18.8 Å². The van der Waals surface area contributed by atoms with E-state index in [2.05, 4.69) is 15.3 Å². The van der Waals surface area contributed by atoms with Gasteiger partial charge in [0, 0.05) is 18.0 Å². The maximum atomic E-state index is 11.6. The Morgan fingerprint density at radius 2 is 2.05 bits per heavy atom. The summed E-state index contributed by atoms with van der Waals surface area (Å²) in [5.74, 6) is 0.830. The van der Waals surface area contributed by atoms with Crippen LogP contribution < -0.4 is 10.4 Å². The second-order valence-corrected chi connectivity index (χ2v) is 4.84. The molecule has 4 rings (SSSR count). The molecule has 0 bridgehead atoms. The molecule has 4 aromatic rings. The van der Waals surface area contributed by atoms with E-state index in [4.69, 9.17) is 4.74 Å². The number of ether oxygens (including phenoxy) is 1. The molecule has 7 heteroatoms. The third kappa shape index (κ3) is 1.86. The molecule has 0 fully saturated rings. The number of aromatic nitrogens is 5. The fourth-order valence-corrected chi connectivity index (χ4v) is 2.46. The molecule has 1 N–H and O–H groups in total. The van der Waals surface area contributed by atoms with E-state index in [1.165, 1.54) is 4.40 Å². The third-order valence-electron chi connectivity index (χ3n) is 3.49. The van der Waals surface area contributed by atoms with Crippen molar-refractivity contribution in [3.05, 3.63) is 53.2 Å². The maximum Gasteiger partial charge on any atom is 0.347 e. The van der Waals surface area contributed by atoms with Gasteiger partial charge in [-0.3, -0.25) is 0 Å². The number of hydrogen-bond acceptors (Lipinski definition) is 4. The van der Waals surface area contributed by atoms with Crippen LogP contribution in [0.4, 0.5) is 0 Å². The topological polar surface area (TPSA) is 76.7 Å². The molecule has 0 aliphatic carbocycles. The van der Waals surface area contributed by atoms with Crippen molar-refractivity contribution in [2.75, 3.05) is 6.61 Å². The van der Waals surface area contributed by atoms with Crippen LogP contribution in [0.25, 0.3) is 22.4 Å². The van der Waals surface area contributed by atoms with E-state index < -0.39 is 0 Å². The molecular formula is C15H13N5O2. The first kappa shape index (κ1) is 12.6. The molecule has 0 aliphatic heterocycles. The second kappa shape index (κ2) is 4.73. The summed E-state index contributed by atoms with van der Waals surface area (Å²) in [6, 6.07) is 9.65. The van der Waals surface area contributed by atoms with Gasteiger partial charge in [0.05, 0.1) is 12.3 Å². The Morgan fingerprint density at radius 1 is 1.23 bits per heavy atom. The van der Waals surface area contributed by atoms with Gasteiger partial charge in [-0.05, 0) is 37.3 Å². The van der Waals surface area contributed by atoms with Gasteiger partial charge in [0.1, 0.15) is 11.3 Å². The lowest BCUT2D eigenvalue weighted by atomic mass is 10.1. The molecule has 7 nitrogen and oxygen atoms in total. The fourth-order valence-electron chi connectivity index (χ4n) is 2.46. The van der Waals surface area contributed by atoms with E-state index in [9.17, 15) is 4.79 Å². The number of fused-ring (bicyclic) bond motifs is 3. The molecule has 3 aromatic heterocycles. The zero-order chi connectivity index (χ0) is 15.1. The average Bonchev–Trinajstić information content (AvgIpc) is 3.12. The van der Waals surface area contributed by atoms with Crippen molar-refractivity contribution in [3.8, 4) is 17.0 Å². The highest BCUT2D eigenvalue weighted by molar-refractivity contribution is 5.76. The van der Waals surface area contributed by atoms with Gasteiger partial charge in [-0.2, -0.15) is 10.2 Å². The summed E-state index contributed by atoms with van der Waals surface area (Å²) >= 11 is 0. The van der Waals surface area contributed by atoms with Crippen LogP contribution in [0, 0.1) is 0 Å². The lowest BCUT2D eigenvalue weighted by molar-refractivity contribution is 0.340. The molecule has 22 heavy (non-hydrogen) atoms. The van der Waals surface area contributed by atoms with Gasteiger partial charge in [-0.1, -0.05) is 0 Å². The summed E-state index contributed by atoms with van der Waals surface area (Å²) in [5, 5.41) is 11.0. The Kier molecular flexibility index (Phi) is 2.72. The Bertz CT molecular complexity index is 1010. The Labute approximate surface area is 124 Å². The summed E-state index contributed by atoms with van der Waals surface area (Å²) < 4.78 is 8.61. The van der Waals surface area contributed by atoms with Crippen molar-refractivity contribution in [2.24, 2.45) is 0 Å². The van der Waals surface area contributed by atoms with Gasteiger partial charge in [0.2, 0.25) is 0 Å². The van der Waals surface area contributed by atoms with E-state index in [1.807, 2.05) is 37.3 Å². The molecule has 0 spiro atoms. The molecule has 1 aromatic carbocycles. The SMILES string of the molecule is CCOc1ccc(-c2cc3c4n[nH]c(=O)n4ccn3n2)cc1. The van der Waals surface area contributed by atoms with Crippen molar-refractivity contribution in [1.29, 1.82) is 0 Å². The molecule has 0 amide bonds. The zero-order valence-electron chi connectivity index (χ0n) is 11.9. The second-order valence-electron chi connectivity index (χ2n) is 4.84. The van der Waals surface area contributed by atoms with Gasteiger partial charge >= 0.3 is 5.69 Å². The summed E-state index contributed by atoms with van der Waals surface area (Å²) in [7, 11) is 0. The number of H-pyrrole nitrogens is 1. The Balaban J connectivity index is 1.85. The van der Waals surface area contributed by atoms with Crippen molar-refractivity contribution in [2.45, 2.75) is 6.92 Å². The first-order chi connectivity index (χ1) is 10.8. The fraction of sp³-hybridized carbons (Fsp3) is 0.133. The molecule has 110 valence electrons. The van der Waals surface area contributed by atoms with E-state index in [1.54, 1.807) is 16.9 Å². The van der Waals surface area contributed by atoms with E-state index in [-0.39, 0.29) is 5.69 Å². The van der Waals surface area contributed by atoms with Crippen LogP contribution in [0.15, 0.2) is 47.5 Å². The van der Waals surface area contributed by atoms with Crippen LogP contribution in [-0.4, -0.2) is 30.8 Å². The smallest absolute Gasteiger partial charge is 0.347 e. The maximum absolute atomic E-state index is 11.6. The van der Waals surface area contributed by atoms with E-state index in [0.29, 0.717) is 12.3 Å². The highest BCUT2D eigenvalue weighted by Crippen LogP contribution is 2.23. The molecule has 3 heterocycles. The van der Waals surface area contributed by atoms with Gasteiger partial charge in [0.15, 0.2) is 5.65 Å². The van der Waals surface area contributed by atoms with Crippen LogP contribution in [0.2, 0.25) is 0 Å². The molecule has 0 aliphatic rings. The van der Waals surface area contributed by atoms with Crippen LogP contribution in [0.3, 0.4) is 0 Å². The predicted octanol–water partition coefficient (Wildman–Crippen LogP) is 1.74. The van der Waals surface area contributed by atoms with Crippen LogP contribution >= 0.6 is 0 Å². The van der Waals surface area contributed by atoms with Gasteiger partial charge in [0.25, 0.3) is 0 Å². The highest BCUT2D eigenvalue weighted by atomic mass is 16.5. The summed E-state index contributed by atoms with van der Waals surface area (Å²) in [4.78, 5) is 11.6. The van der Waals surface area contributed by atoms with Gasteiger partial charge < -0.3 is 4.74 Å². The van der Waals surface area contributed by atoms with Crippen molar-refractivity contribution in [1.82, 2.24) is 24.2 Å². The number of nitrogens with one attached hydrogen (secondary N) is 1. The highest BCUT2D eigenvalue weighted by Gasteiger charge is 2.10. The quantitative estimate of drug-likeness (QED) is 0.624. The van der Waals surface area contributed by atoms with Crippen molar-refractivity contribution >= 4 is 11.2 Å². The molecule has 0 saturated carbocycles. The Hall–Kier alpha value is -3.09. The van der Waals surface area contributed by atoms with Crippen molar-refractivity contribution < 1.29 is 4.74 Å². The lowest BCUT2D eigenvalue weighted by Crippen LogP contribution is -2.09. The van der Waals surface area contributed by atoms with Crippen LogP contribution in [-0.2, 0) is 0 Å². The molecule has 0 unspecified atom stereocenters. The number of aromatic amines is 1. The summed E-state index contributed by atoms with van der Waals surface area (Å²) in [5.41, 5.74) is 2.85. The number of nitrogens with zero attached hydrogens (tertiary/aromatic N) is 4. The number of hydrogen-bond donors (Lipinski definition) is 1. The average molecular weight is 295 g/mol. The molecular weight excluding hydrogens is 282 g/mol. The van der Waals surface area contributed by atoms with Crippen molar-refractivity contribution in [3.63, 3.8) is 0 Å². The largest absolute Gasteiger partial charge is 0.494 e. The first-order valence-electron chi connectivity index (χ1n) is 6.94. The minimum atomic E-state index is -0.263. The summed E-state index contributed by atoms with van der Waals surface area (Å²) in [6.07, 6.45) is 3.38. The lowest BCUT2D eigenvalue weighted by Gasteiger charge is -2.02. The van der Waals surface area contributed by atoms with Crippen LogP contribution in [0.5, 0.6) is 5.75 Å². The normalized spacial score (nSPS) is 11.3. The first-order valence-corrected chi connectivity index (χ1v) is 6.94. The molecule has 0 saturated heterocycles. The summed E-state index contributed by atoms with van der Waals surface area (Å²) in [6.45, 7) is 2.59. The number of benzene rings is 1. The van der Waals surface area contributed by atoms with Crippen LogP contribution in [0.1, 0.15) is 6.92 Å². The minimum Gasteiger partial charge on any atom is -0.494 e. The molecule has 0 radical (unpaired) electrons. The Morgan fingerprint density at radius 3 is 2.82 bits per heavy atom. The predicted molar refractivity (Wildman–Crippen MR) is 81.2 cm³/mol. The van der Waals surface area contributed by atoms with Gasteiger partial charge in [-0.15, -0.1) is 0 Å². The monoisotopic (exact) mass is 295 g/mol. The number of rotatable bonds is 3. The van der Waals surface area contributed by atoms with E-state index in [0.717, 1.165) is 22.5 Å². The molecule has 0 atom stereocenters.